The molecule has 0 saturated carbocycles. The second-order valence-electron chi connectivity index (χ2n) is 6.98. The topological polar surface area (TPSA) is 0 Å². The number of benzene rings is 2. The van der Waals surface area contributed by atoms with Crippen LogP contribution in [0.25, 0.3) is 11.1 Å². The molecule has 1 heteroatoms. The van der Waals surface area contributed by atoms with E-state index in [1.54, 1.807) is 11.1 Å². The van der Waals surface area contributed by atoms with Gasteiger partial charge in [-0.05, 0) is 36.1 Å². The Morgan fingerprint density at radius 1 is 0.737 bits per heavy atom. The molecule has 98 valence electrons. The van der Waals surface area contributed by atoms with Crippen molar-refractivity contribution in [3.63, 3.8) is 0 Å². The standard InChI is InChI=1S/C18H22Si/c1-12-6-8-14-15-9-7-13(2)11-17(15)18(16(14)10-12)19(3,4)5/h6-11,18H,1-5H3. The Morgan fingerprint density at radius 3 is 1.53 bits per heavy atom. The molecule has 0 saturated heterocycles. The summed E-state index contributed by atoms with van der Waals surface area (Å²) in [5.74, 6) is 0. The summed E-state index contributed by atoms with van der Waals surface area (Å²) in [7, 11) is -1.27. The van der Waals surface area contributed by atoms with E-state index in [4.69, 9.17) is 0 Å². The first-order chi connectivity index (χ1) is 8.88. The molecule has 2 aromatic rings. The first-order valence-electron chi connectivity index (χ1n) is 7.09. The van der Waals surface area contributed by atoms with E-state index in [0.717, 1.165) is 0 Å². The van der Waals surface area contributed by atoms with Crippen LogP contribution in [0.4, 0.5) is 0 Å². The first-order valence-corrected chi connectivity index (χ1v) is 10.7. The number of hydrogen-bond donors (Lipinski definition) is 0. The third-order valence-electron chi connectivity index (χ3n) is 4.19. The summed E-state index contributed by atoms with van der Waals surface area (Å²) in [4.78, 5) is 0. The van der Waals surface area contributed by atoms with E-state index >= 15 is 0 Å². The van der Waals surface area contributed by atoms with Gasteiger partial charge in [0, 0.05) is 5.54 Å². The maximum atomic E-state index is 2.49. The summed E-state index contributed by atoms with van der Waals surface area (Å²) in [5, 5.41) is 0. The van der Waals surface area contributed by atoms with Crippen LogP contribution in [0.1, 0.15) is 27.8 Å². The lowest BCUT2D eigenvalue weighted by Crippen LogP contribution is -2.30. The molecule has 0 N–H and O–H groups in total. The lowest BCUT2D eigenvalue weighted by molar-refractivity contribution is 1.11. The molecule has 0 aliphatic heterocycles. The quantitative estimate of drug-likeness (QED) is 0.615. The molecule has 0 unspecified atom stereocenters. The highest BCUT2D eigenvalue weighted by Gasteiger charge is 2.37. The molecule has 1 aliphatic carbocycles. The molecule has 0 spiro atoms. The minimum absolute atomic E-state index is 0.650. The van der Waals surface area contributed by atoms with E-state index in [2.05, 4.69) is 69.9 Å². The van der Waals surface area contributed by atoms with E-state index in [-0.39, 0.29) is 0 Å². The molecule has 0 amide bonds. The molecule has 0 aromatic heterocycles. The van der Waals surface area contributed by atoms with Crippen molar-refractivity contribution in [1.29, 1.82) is 0 Å². The molecule has 3 rings (SSSR count). The Balaban J connectivity index is 2.32. The number of fused-ring (bicyclic) bond motifs is 3. The van der Waals surface area contributed by atoms with Crippen molar-refractivity contribution in [1.82, 2.24) is 0 Å². The second kappa shape index (κ2) is 4.07. The van der Waals surface area contributed by atoms with Gasteiger partial charge in [0.25, 0.3) is 0 Å². The minimum atomic E-state index is -1.27. The van der Waals surface area contributed by atoms with Gasteiger partial charge in [-0.1, -0.05) is 67.2 Å². The smallest absolute Gasteiger partial charge is 0.0574 e. The molecule has 0 nitrogen and oxygen atoms in total. The van der Waals surface area contributed by atoms with Crippen molar-refractivity contribution in [3.05, 3.63) is 58.7 Å². The molecule has 0 heterocycles. The summed E-state index contributed by atoms with van der Waals surface area (Å²) in [6.45, 7) is 11.9. The molecular weight excluding hydrogens is 244 g/mol. The monoisotopic (exact) mass is 266 g/mol. The Morgan fingerprint density at radius 2 is 1.16 bits per heavy atom. The highest BCUT2D eigenvalue weighted by Crippen LogP contribution is 2.49. The Hall–Kier alpha value is -1.34. The molecule has 0 atom stereocenters. The Labute approximate surface area is 117 Å². The van der Waals surface area contributed by atoms with Crippen molar-refractivity contribution >= 4 is 8.07 Å². The van der Waals surface area contributed by atoms with Gasteiger partial charge in [-0.2, -0.15) is 0 Å². The summed E-state index contributed by atoms with van der Waals surface area (Å²) in [5.41, 5.74) is 9.48. The van der Waals surface area contributed by atoms with Crippen LogP contribution < -0.4 is 0 Å². The molecule has 0 radical (unpaired) electrons. The van der Waals surface area contributed by atoms with Crippen LogP contribution in [0.15, 0.2) is 36.4 Å². The second-order valence-corrected chi connectivity index (χ2v) is 12.3. The highest BCUT2D eigenvalue weighted by molar-refractivity contribution is 6.78. The number of rotatable bonds is 1. The summed E-state index contributed by atoms with van der Waals surface area (Å²) >= 11 is 0. The van der Waals surface area contributed by atoms with Crippen LogP contribution in [-0.2, 0) is 0 Å². The predicted molar refractivity (Wildman–Crippen MR) is 86.5 cm³/mol. The first kappa shape index (κ1) is 12.7. The zero-order chi connectivity index (χ0) is 13.8. The SMILES string of the molecule is Cc1ccc2c(c1)C([Si](C)(C)C)c1cc(C)ccc1-2. The predicted octanol–water partition coefficient (Wildman–Crippen LogP) is 5.29. The van der Waals surface area contributed by atoms with Crippen LogP contribution in [0.3, 0.4) is 0 Å². The summed E-state index contributed by atoms with van der Waals surface area (Å²) < 4.78 is 0. The van der Waals surface area contributed by atoms with Gasteiger partial charge in [0.15, 0.2) is 0 Å². The fourth-order valence-electron chi connectivity index (χ4n) is 3.43. The maximum absolute atomic E-state index is 2.49. The van der Waals surface area contributed by atoms with Gasteiger partial charge < -0.3 is 0 Å². The molecule has 0 fully saturated rings. The van der Waals surface area contributed by atoms with E-state index < -0.39 is 8.07 Å². The summed E-state index contributed by atoms with van der Waals surface area (Å²) in [6.07, 6.45) is 0. The zero-order valence-corrected chi connectivity index (χ0v) is 13.5. The fraction of sp³-hybridized carbons (Fsp3) is 0.333. The Bertz CT molecular complexity index is 596. The van der Waals surface area contributed by atoms with E-state index in [1.165, 1.54) is 22.3 Å². The molecule has 1 aliphatic rings. The van der Waals surface area contributed by atoms with E-state index in [9.17, 15) is 0 Å². The van der Waals surface area contributed by atoms with Crippen molar-refractivity contribution in [2.45, 2.75) is 39.0 Å². The van der Waals surface area contributed by atoms with Crippen LogP contribution >= 0.6 is 0 Å². The van der Waals surface area contributed by atoms with E-state index in [1.807, 2.05) is 0 Å². The summed E-state index contributed by atoms with van der Waals surface area (Å²) in [6, 6.07) is 13.9. The lowest BCUT2D eigenvalue weighted by Gasteiger charge is -2.27. The number of aryl methyl sites for hydroxylation is 2. The van der Waals surface area contributed by atoms with Crippen molar-refractivity contribution in [3.8, 4) is 11.1 Å². The minimum Gasteiger partial charge on any atom is -0.0688 e. The van der Waals surface area contributed by atoms with Crippen molar-refractivity contribution in [2.75, 3.05) is 0 Å². The highest BCUT2D eigenvalue weighted by atomic mass is 28.3. The third-order valence-corrected chi connectivity index (χ3v) is 6.55. The van der Waals surface area contributed by atoms with Gasteiger partial charge in [-0.25, -0.2) is 0 Å². The Kier molecular flexibility index (Phi) is 2.72. The van der Waals surface area contributed by atoms with Gasteiger partial charge in [-0.3, -0.25) is 0 Å². The number of hydrogen-bond acceptors (Lipinski definition) is 0. The third kappa shape index (κ3) is 1.97. The van der Waals surface area contributed by atoms with E-state index in [0.29, 0.717) is 5.54 Å². The van der Waals surface area contributed by atoms with Crippen molar-refractivity contribution in [2.24, 2.45) is 0 Å². The van der Waals surface area contributed by atoms with Crippen LogP contribution in [-0.4, -0.2) is 8.07 Å². The molecule has 0 bridgehead atoms. The molecular formula is C18H22Si. The maximum Gasteiger partial charge on any atom is 0.0574 e. The van der Waals surface area contributed by atoms with Crippen LogP contribution in [0, 0.1) is 13.8 Å². The largest absolute Gasteiger partial charge is 0.0688 e. The van der Waals surface area contributed by atoms with Gasteiger partial charge in [0.1, 0.15) is 0 Å². The van der Waals surface area contributed by atoms with Gasteiger partial charge in [0.2, 0.25) is 0 Å². The zero-order valence-electron chi connectivity index (χ0n) is 12.5. The van der Waals surface area contributed by atoms with Gasteiger partial charge in [-0.15, -0.1) is 0 Å². The average molecular weight is 266 g/mol. The van der Waals surface area contributed by atoms with Crippen LogP contribution in [0.2, 0.25) is 19.6 Å². The van der Waals surface area contributed by atoms with Gasteiger partial charge in [0.05, 0.1) is 8.07 Å². The fourth-order valence-corrected chi connectivity index (χ4v) is 5.78. The lowest BCUT2D eigenvalue weighted by atomic mass is 10.0. The average Bonchev–Trinajstić information content (AvgIpc) is 2.60. The van der Waals surface area contributed by atoms with Gasteiger partial charge >= 0.3 is 0 Å². The molecule has 19 heavy (non-hydrogen) atoms. The van der Waals surface area contributed by atoms with Crippen LogP contribution in [0.5, 0.6) is 0 Å². The molecule has 2 aromatic carbocycles. The van der Waals surface area contributed by atoms with Crippen molar-refractivity contribution < 1.29 is 0 Å². The normalized spacial score (nSPS) is 14.4.